The van der Waals surface area contributed by atoms with E-state index in [0.717, 1.165) is 24.1 Å². The van der Waals surface area contributed by atoms with Crippen molar-refractivity contribution in [2.75, 3.05) is 13.6 Å². The molecule has 0 aliphatic heterocycles. The number of likely N-dealkylation sites (N-methyl/N-ethyl adjacent to an activating group) is 1. The van der Waals surface area contributed by atoms with Gasteiger partial charge in [-0.05, 0) is 12.0 Å². The molecule has 0 saturated heterocycles. The van der Waals surface area contributed by atoms with E-state index in [1.807, 2.05) is 31.3 Å². The number of thiocarbonyl (C=S) groups is 1. The number of rotatable bonds is 7. The van der Waals surface area contributed by atoms with Crippen LogP contribution in [0.5, 0.6) is 0 Å². The molecule has 104 valence electrons. The van der Waals surface area contributed by atoms with Crippen molar-refractivity contribution in [3.63, 3.8) is 0 Å². The van der Waals surface area contributed by atoms with E-state index >= 15 is 0 Å². The van der Waals surface area contributed by atoms with Crippen molar-refractivity contribution in [3.8, 4) is 0 Å². The van der Waals surface area contributed by atoms with Gasteiger partial charge in [0, 0.05) is 19.2 Å². The molecule has 2 N–H and O–H groups in total. The Morgan fingerprint density at radius 3 is 2.42 bits per heavy atom. The van der Waals surface area contributed by atoms with Crippen LogP contribution in [0.4, 0.5) is 0 Å². The predicted octanol–water partition coefficient (Wildman–Crippen LogP) is 2.51. The van der Waals surface area contributed by atoms with Crippen molar-refractivity contribution in [1.82, 2.24) is 4.90 Å². The number of benzene rings is 1. The molecule has 0 unspecified atom stereocenters. The first-order chi connectivity index (χ1) is 9.04. The fourth-order valence-electron chi connectivity index (χ4n) is 1.82. The number of nitrogens with two attached hydrogens (primary N) is 1. The number of hydrogen-bond donors (Lipinski definition) is 1. The van der Waals surface area contributed by atoms with E-state index in [2.05, 4.69) is 6.92 Å². The molecular weight excluding hydrogens is 256 g/mol. The van der Waals surface area contributed by atoms with Gasteiger partial charge in [0.1, 0.15) is 4.99 Å². The zero-order chi connectivity index (χ0) is 14.3. The van der Waals surface area contributed by atoms with E-state index in [1.165, 1.54) is 12.8 Å². The zero-order valence-corrected chi connectivity index (χ0v) is 12.5. The molecule has 0 heterocycles. The molecule has 0 fully saturated rings. The first-order valence-corrected chi connectivity index (χ1v) is 7.08. The summed E-state index contributed by atoms with van der Waals surface area (Å²) in [7, 11) is 1.86. The molecule has 4 heteroatoms. The summed E-state index contributed by atoms with van der Waals surface area (Å²) in [4.78, 5) is 14.2. The Kier molecular flexibility index (Phi) is 6.50. The minimum Gasteiger partial charge on any atom is -0.389 e. The summed E-state index contributed by atoms with van der Waals surface area (Å²) in [5.74, 6) is 0.152. The molecule has 19 heavy (non-hydrogen) atoms. The first-order valence-electron chi connectivity index (χ1n) is 6.67. The summed E-state index contributed by atoms with van der Waals surface area (Å²) in [6.45, 7) is 2.99. The topological polar surface area (TPSA) is 46.3 Å². The molecule has 1 aromatic carbocycles. The molecule has 0 spiro atoms. The molecule has 0 bridgehead atoms. The second-order valence-corrected chi connectivity index (χ2v) is 5.20. The fourth-order valence-corrected chi connectivity index (χ4v) is 1.96. The molecule has 1 rings (SSSR count). The molecule has 3 nitrogen and oxygen atoms in total. The van der Waals surface area contributed by atoms with Crippen LogP contribution in [0, 0.1) is 0 Å². The van der Waals surface area contributed by atoms with E-state index in [4.69, 9.17) is 18.0 Å². The predicted molar refractivity (Wildman–Crippen MR) is 83.2 cm³/mol. The van der Waals surface area contributed by atoms with E-state index < -0.39 is 0 Å². The molecule has 1 aromatic rings. The van der Waals surface area contributed by atoms with Crippen molar-refractivity contribution in [2.24, 2.45) is 5.73 Å². The lowest BCUT2D eigenvalue weighted by Gasteiger charge is -2.17. The third-order valence-electron chi connectivity index (χ3n) is 3.12. The first kappa shape index (κ1) is 15.6. The van der Waals surface area contributed by atoms with E-state index in [-0.39, 0.29) is 5.91 Å². The highest BCUT2D eigenvalue weighted by atomic mass is 32.1. The van der Waals surface area contributed by atoms with Crippen LogP contribution in [0.3, 0.4) is 0 Å². The van der Waals surface area contributed by atoms with Gasteiger partial charge in [0.05, 0.1) is 6.42 Å². The quantitative estimate of drug-likeness (QED) is 0.616. The largest absolute Gasteiger partial charge is 0.389 e. The molecule has 0 saturated carbocycles. The van der Waals surface area contributed by atoms with Gasteiger partial charge in [-0.3, -0.25) is 4.79 Å². The summed E-state index contributed by atoms with van der Waals surface area (Å²) >= 11 is 4.90. The Morgan fingerprint density at radius 2 is 1.89 bits per heavy atom. The van der Waals surface area contributed by atoms with Crippen molar-refractivity contribution >= 4 is 23.1 Å². The van der Waals surface area contributed by atoms with Gasteiger partial charge in [0.2, 0.25) is 5.91 Å². The standard InChI is InChI=1S/C15H22N2OS/c1-3-4-5-10-17(2)14(18)11-12-6-8-13(9-7-12)15(16)19/h6-9H,3-5,10-11H2,1-2H3,(H2,16,19). The molecule has 0 aromatic heterocycles. The van der Waals surface area contributed by atoms with Crippen LogP contribution in [0.2, 0.25) is 0 Å². The maximum atomic E-state index is 12.0. The Morgan fingerprint density at radius 1 is 1.26 bits per heavy atom. The monoisotopic (exact) mass is 278 g/mol. The lowest BCUT2D eigenvalue weighted by molar-refractivity contribution is -0.129. The van der Waals surface area contributed by atoms with Crippen LogP contribution in [0.25, 0.3) is 0 Å². The third-order valence-corrected chi connectivity index (χ3v) is 3.35. The second-order valence-electron chi connectivity index (χ2n) is 4.76. The maximum Gasteiger partial charge on any atom is 0.226 e. The fraction of sp³-hybridized carbons (Fsp3) is 0.467. The smallest absolute Gasteiger partial charge is 0.226 e. The number of amides is 1. The number of carbonyl (C=O) groups is 1. The summed E-state index contributed by atoms with van der Waals surface area (Å²) in [5, 5.41) is 0. The summed E-state index contributed by atoms with van der Waals surface area (Å²) in [5.41, 5.74) is 7.37. The number of hydrogen-bond acceptors (Lipinski definition) is 2. The van der Waals surface area contributed by atoms with E-state index in [1.54, 1.807) is 4.90 Å². The Labute approximate surface area is 120 Å². The Hall–Kier alpha value is -1.42. The summed E-state index contributed by atoms with van der Waals surface area (Å²) in [6.07, 6.45) is 3.84. The summed E-state index contributed by atoms with van der Waals surface area (Å²) < 4.78 is 0. The Balaban J connectivity index is 2.49. The highest BCUT2D eigenvalue weighted by molar-refractivity contribution is 7.80. The number of carbonyl (C=O) groups excluding carboxylic acids is 1. The van der Waals surface area contributed by atoms with Gasteiger partial charge in [0.15, 0.2) is 0 Å². The SMILES string of the molecule is CCCCCN(C)C(=O)Cc1ccc(C(N)=S)cc1. The average molecular weight is 278 g/mol. The van der Waals surface area contributed by atoms with Crippen LogP contribution in [0.1, 0.15) is 37.3 Å². The van der Waals surface area contributed by atoms with E-state index in [9.17, 15) is 4.79 Å². The molecule has 0 radical (unpaired) electrons. The minimum atomic E-state index is 0.152. The van der Waals surface area contributed by atoms with Gasteiger partial charge in [0.25, 0.3) is 0 Å². The van der Waals surface area contributed by atoms with Crippen molar-refractivity contribution in [1.29, 1.82) is 0 Å². The minimum absolute atomic E-state index is 0.152. The zero-order valence-electron chi connectivity index (χ0n) is 11.7. The van der Waals surface area contributed by atoms with Crippen LogP contribution in [0.15, 0.2) is 24.3 Å². The van der Waals surface area contributed by atoms with Gasteiger partial charge in [-0.25, -0.2) is 0 Å². The highest BCUT2D eigenvalue weighted by Crippen LogP contribution is 2.07. The summed E-state index contributed by atoms with van der Waals surface area (Å²) in [6, 6.07) is 7.54. The van der Waals surface area contributed by atoms with Gasteiger partial charge >= 0.3 is 0 Å². The van der Waals surface area contributed by atoms with Crippen molar-refractivity contribution in [2.45, 2.75) is 32.6 Å². The molecular formula is C15H22N2OS. The van der Waals surface area contributed by atoms with Gasteiger partial charge in [-0.1, -0.05) is 56.2 Å². The average Bonchev–Trinajstić information content (AvgIpc) is 2.39. The lowest BCUT2D eigenvalue weighted by Crippen LogP contribution is -2.29. The van der Waals surface area contributed by atoms with Crippen molar-refractivity contribution < 1.29 is 4.79 Å². The van der Waals surface area contributed by atoms with Gasteiger partial charge in [-0.2, -0.15) is 0 Å². The number of nitrogens with zero attached hydrogens (tertiary/aromatic N) is 1. The molecule has 0 aliphatic rings. The normalized spacial score (nSPS) is 10.2. The lowest BCUT2D eigenvalue weighted by atomic mass is 10.1. The van der Waals surface area contributed by atoms with Crippen LogP contribution in [-0.2, 0) is 11.2 Å². The highest BCUT2D eigenvalue weighted by Gasteiger charge is 2.09. The van der Waals surface area contributed by atoms with Crippen LogP contribution < -0.4 is 5.73 Å². The van der Waals surface area contributed by atoms with Gasteiger partial charge < -0.3 is 10.6 Å². The van der Waals surface area contributed by atoms with Crippen molar-refractivity contribution in [3.05, 3.63) is 35.4 Å². The molecule has 0 aliphatic carbocycles. The molecule has 0 atom stereocenters. The van der Waals surface area contributed by atoms with E-state index in [0.29, 0.717) is 11.4 Å². The van der Waals surface area contributed by atoms with Crippen LogP contribution >= 0.6 is 12.2 Å². The maximum absolute atomic E-state index is 12.0. The van der Waals surface area contributed by atoms with Gasteiger partial charge in [-0.15, -0.1) is 0 Å². The second kappa shape index (κ2) is 7.89. The Bertz CT molecular complexity index is 428. The number of unbranched alkanes of at least 4 members (excludes halogenated alkanes) is 2. The van der Waals surface area contributed by atoms with Crippen LogP contribution in [-0.4, -0.2) is 29.4 Å². The molecule has 1 amide bonds. The third kappa shape index (κ3) is 5.39.